The lowest BCUT2D eigenvalue weighted by Crippen LogP contribution is -2.21. The van der Waals surface area contributed by atoms with Gasteiger partial charge in [-0.1, -0.05) is 20.8 Å². The number of esters is 1. The smallest absolute Gasteiger partial charge is 0.310 e. The predicted octanol–water partition coefficient (Wildman–Crippen LogP) is 3.42. The average Bonchev–Trinajstić information content (AvgIpc) is 2.13. The summed E-state index contributed by atoms with van der Waals surface area (Å²) in [5.41, 5.74) is -0.491. The zero-order valence-corrected chi connectivity index (χ0v) is 14.1. The molecule has 0 saturated carbocycles. The Morgan fingerprint density at radius 1 is 0.737 bits per heavy atom. The van der Waals surface area contributed by atoms with Gasteiger partial charge in [-0.3, -0.25) is 9.59 Å². The van der Waals surface area contributed by atoms with E-state index in [2.05, 4.69) is 4.74 Å². The first-order valence-corrected chi connectivity index (χ1v) is 6.22. The highest BCUT2D eigenvalue weighted by atomic mass is 16.5. The lowest BCUT2D eigenvalue weighted by molar-refractivity contribution is -0.149. The summed E-state index contributed by atoms with van der Waals surface area (Å²) in [6.45, 7) is 15.9. The van der Waals surface area contributed by atoms with E-state index in [1.165, 1.54) is 21.0 Å². The van der Waals surface area contributed by atoms with Gasteiger partial charge in [0.25, 0.3) is 0 Å². The highest BCUT2D eigenvalue weighted by Crippen LogP contribution is 2.13. The molecule has 0 fully saturated rings. The Kier molecular flexibility index (Phi) is 11.7. The van der Waals surface area contributed by atoms with Crippen LogP contribution in [-0.4, -0.2) is 24.6 Å². The van der Waals surface area contributed by atoms with Crippen molar-refractivity contribution in [2.45, 2.75) is 62.3 Å². The van der Waals surface area contributed by atoms with Crippen molar-refractivity contribution in [1.82, 2.24) is 0 Å². The molecule has 0 radical (unpaired) electrons. The Bertz CT molecular complexity index is 286. The fourth-order valence-electron chi connectivity index (χ4n) is 0.306. The SMILES string of the molecule is CC(=O)C(C)(C)C.CC(C)=O.COC(=O)C(C)(C)C. The molecule has 0 aromatic carbocycles. The summed E-state index contributed by atoms with van der Waals surface area (Å²) < 4.78 is 4.48. The van der Waals surface area contributed by atoms with Gasteiger partial charge in [-0.05, 0) is 41.5 Å². The summed E-state index contributed by atoms with van der Waals surface area (Å²) in [7, 11) is 1.40. The van der Waals surface area contributed by atoms with Gasteiger partial charge >= 0.3 is 5.97 Å². The van der Waals surface area contributed by atoms with Crippen LogP contribution < -0.4 is 0 Å². The third-order valence-electron chi connectivity index (χ3n) is 1.85. The molecule has 0 N–H and O–H groups in total. The van der Waals surface area contributed by atoms with Crippen molar-refractivity contribution < 1.29 is 19.1 Å². The Balaban J connectivity index is -0.000000214. The van der Waals surface area contributed by atoms with E-state index in [1.54, 1.807) is 6.92 Å². The zero-order chi connectivity index (χ0) is 16.4. The lowest BCUT2D eigenvalue weighted by Gasteiger charge is -2.13. The maximum atomic E-state index is 10.6. The molecule has 0 aromatic rings. The molecular formula is C15H30O4. The summed E-state index contributed by atoms with van der Waals surface area (Å²) in [6, 6.07) is 0. The third kappa shape index (κ3) is 22.5. The van der Waals surface area contributed by atoms with Gasteiger partial charge in [-0.2, -0.15) is 0 Å². The number of hydrogen-bond donors (Lipinski definition) is 0. The Hall–Kier alpha value is -1.19. The van der Waals surface area contributed by atoms with Crippen molar-refractivity contribution in [1.29, 1.82) is 0 Å². The molecule has 0 aliphatic rings. The molecule has 114 valence electrons. The zero-order valence-electron chi connectivity index (χ0n) is 14.1. The lowest BCUT2D eigenvalue weighted by atomic mass is 9.92. The minimum absolute atomic E-state index is 0.139. The molecule has 0 aliphatic heterocycles. The fourth-order valence-corrected chi connectivity index (χ4v) is 0.306. The number of rotatable bonds is 0. The van der Waals surface area contributed by atoms with Crippen LogP contribution in [0.25, 0.3) is 0 Å². The largest absolute Gasteiger partial charge is 0.469 e. The van der Waals surface area contributed by atoms with E-state index in [1.807, 2.05) is 41.5 Å². The molecule has 0 unspecified atom stereocenters. The van der Waals surface area contributed by atoms with Gasteiger partial charge in [0.05, 0.1) is 12.5 Å². The minimum Gasteiger partial charge on any atom is -0.469 e. The second-order valence-electron chi connectivity index (χ2n) is 6.46. The van der Waals surface area contributed by atoms with Crippen LogP contribution in [0.2, 0.25) is 0 Å². The van der Waals surface area contributed by atoms with Crippen LogP contribution >= 0.6 is 0 Å². The van der Waals surface area contributed by atoms with Crippen molar-refractivity contribution >= 4 is 17.5 Å². The van der Waals surface area contributed by atoms with Crippen LogP contribution in [0.15, 0.2) is 0 Å². The summed E-state index contributed by atoms with van der Waals surface area (Å²) in [5.74, 6) is 0.241. The van der Waals surface area contributed by atoms with Gasteiger partial charge in [-0.25, -0.2) is 0 Å². The molecule has 0 aromatic heterocycles. The highest BCUT2D eigenvalue weighted by Gasteiger charge is 2.21. The van der Waals surface area contributed by atoms with Crippen molar-refractivity contribution in [3.8, 4) is 0 Å². The molecule has 4 heteroatoms. The normalized spacial score (nSPS) is 10.2. The molecule has 4 nitrogen and oxygen atoms in total. The summed E-state index contributed by atoms with van der Waals surface area (Å²) in [5, 5.41) is 0. The topological polar surface area (TPSA) is 60.4 Å². The first kappa shape index (κ1) is 22.9. The molecule has 0 rings (SSSR count). The summed E-state index contributed by atoms with van der Waals surface area (Å²) >= 11 is 0. The number of hydrogen-bond acceptors (Lipinski definition) is 4. The Morgan fingerprint density at radius 2 is 0.947 bits per heavy atom. The fraction of sp³-hybridized carbons (Fsp3) is 0.800. The molecule has 0 spiro atoms. The van der Waals surface area contributed by atoms with Crippen molar-refractivity contribution in [3.63, 3.8) is 0 Å². The second-order valence-corrected chi connectivity index (χ2v) is 6.46. The van der Waals surface area contributed by atoms with Gasteiger partial charge in [-0.15, -0.1) is 0 Å². The van der Waals surface area contributed by atoms with E-state index in [4.69, 9.17) is 0 Å². The first-order valence-electron chi connectivity index (χ1n) is 6.22. The number of methoxy groups -OCH3 is 1. The van der Waals surface area contributed by atoms with Gasteiger partial charge in [0.2, 0.25) is 0 Å². The molecule has 0 saturated heterocycles. The van der Waals surface area contributed by atoms with E-state index >= 15 is 0 Å². The van der Waals surface area contributed by atoms with Gasteiger partial charge < -0.3 is 9.53 Å². The van der Waals surface area contributed by atoms with Crippen molar-refractivity contribution in [2.75, 3.05) is 7.11 Å². The van der Waals surface area contributed by atoms with Crippen LogP contribution in [0, 0.1) is 10.8 Å². The molecule has 0 aliphatic carbocycles. The second kappa shape index (κ2) is 9.70. The number of Topliss-reactive ketones (excluding diaryl/α,β-unsaturated/α-hetero) is 2. The molecule has 0 atom stereocenters. The van der Waals surface area contributed by atoms with E-state index in [0.29, 0.717) is 0 Å². The quantitative estimate of drug-likeness (QED) is 0.635. The number of ether oxygens (including phenoxy) is 1. The van der Waals surface area contributed by atoms with E-state index < -0.39 is 0 Å². The molecule has 0 heterocycles. The van der Waals surface area contributed by atoms with Crippen LogP contribution in [0.1, 0.15) is 62.3 Å². The summed E-state index contributed by atoms with van der Waals surface area (Å²) in [6.07, 6.45) is 0. The highest BCUT2D eigenvalue weighted by molar-refractivity contribution is 5.80. The average molecular weight is 274 g/mol. The van der Waals surface area contributed by atoms with E-state index in [9.17, 15) is 14.4 Å². The Labute approximate surface area is 117 Å². The van der Waals surface area contributed by atoms with Crippen LogP contribution in [0.3, 0.4) is 0 Å². The maximum Gasteiger partial charge on any atom is 0.310 e. The van der Waals surface area contributed by atoms with Gasteiger partial charge in [0, 0.05) is 5.41 Å². The molecule has 0 amide bonds. The third-order valence-corrected chi connectivity index (χ3v) is 1.85. The van der Waals surface area contributed by atoms with Gasteiger partial charge in [0.15, 0.2) is 0 Å². The van der Waals surface area contributed by atoms with Crippen molar-refractivity contribution in [2.24, 2.45) is 10.8 Å². The predicted molar refractivity (Wildman–Crippen MR) is 78.0 cm³/mol. The minimum atomic E-state index is -0.352. The number of ketones is 2. The molecule has 0 bridgehead atoms. The maximum absolute atomic E-state index is 10.6. The summed E-state index contributed by atoms with van der Waals surface area (Å²) in [4.78, 5) is 30.5. The molecule has 19 heavy (non-hydrogen) atoms. The standard InChI is InChI=1S/C6H12O2.C6H12O.C3H6O/c1-6(2,3)5(7)8-4;1-5(7)6(2,3)4;1-3(2)4/h1-4H3;1-4H3;1-2H3. The Morgan fingerprint density at radius 3 is 0.947 bits per heavy atom. The van der Waals surface area contributed by atoms with Crippen LogP contribution in [-0.2, 0) is 19.1 Å². The first-order chi connectivity index (χ1) is 8.16. The number of carbonyl (C=O) groups excluding carboxylic acids is 3. The van der Waals surface area contributed by atoms with Gasteiger partial charge in [0.1, 0.15) is 11.6 Å². The number of carbonyl (C=O) groups is 3. The van der Waals surface area contributed by atoms with Crippen LogP contribution in [0.5, 0.6) is 0 Å². The van der Waals surface area contributed by atoms with Crippen LogP contribution in [0.4, 0.5) is 0 Å². The van der Waals surface area contributed by atoms with Crippen molar-refractivity contribution in [3.05, 3.63) is 0 Å². The van der Waals surface area contributed by atoms with E-state index in [-0.39, 0.29) is 28.4 Å². The molecular weight excluding hydrogens is 244 g/mol. The van der Waals surface area contributed by atoms with E-state index in [0.717, 1.165) is 0 Å². The monoisotopic (exact) mass is 274 g/mol.